The number of hydrogen-bond acceptors (Lipinski definition) is 1. The van der Waals surface area contributed by atoms with Gasteiger partial charge in [-0.3, -0.25) is 0 Å². The molecular formula is C10H11N. The van der Waals surface area contributed by atoms with Crippen LogP contribution in [0.15, 0.2) is 48.2 Å². The van der Waals surface area contributed by atoms with Crippen molar-refractivity contribution in [2.45, 2.75) is 0 Å². The van der Waals surface area contributed by atoms with Gasteiger partial charge in [-0.25, -0.2) is 0 Å². The maximum atomic E-state index is 3.23. The quantitative estimate of drug-likeness (QED) is 0.547. The number of nitrogens with one attached hydrogen (secondary N) is 1. The largest absolute Gasteiger partial charge is 0.390 e. The summed E-state index contributed by atoms with van der Waals surface area (Å²) >= 11 is 0. The van der Waals surface area contributed by atoms with Crippen molar-refractivity contribution in [1.82, 2.24) is 5.32 Å². The fraction of sp³-hybridized carbons (Fsp3) is 0.200. The van der Waals surface area contributed by atoms with E-state index >= 15 is 0 Å². The van der Waals surface area contributed by atoms with Gasteiger partial charge >= 0.3 is 0 Å². The number of allylic oxidation sites excluding steroid dienone is 5. The van der Waals surface area contributed by atoms with Crippen molar-refractivity contribution in [2.75, 3.05) is 6.54 Å². The summed E-state index contributed by atoms with van der Waals surface area (Å²) in [6, 6.07) is 0. The van der Waals surface area contributed by atoms with Gasteiger partial charge in [0.05, 0.1) is 0 Å². The Morgan fingerprint density at radius 1 is 1.27 bits per heavy atom. The molecule has 2 aliphatic rings. The predicted molar refractivity (Wildman–Crippen MR) is 47.0 cm³/mol. The molecule has 0 saturated carbocycles. The molecule has 11 heavy (non-hydrogen) atoms. The summed E-state index contributed by atoms with van der Waals surface area (Å²) in [5, 5.41) is 3.23. The van der Waals surface area contributed by atoms with Crippen LogP contribution in [-0.2, 0) is 0 Å². The normalized spacial score (nSPS) is 26.9. The highest BCUT2D eigenvalue weighted by molar-refractivity contribution is 5.36. The van der Waals surface area contributed by atoms with Gasteiger partial charge in [-0.2, -0.15) is 0 Å². The van der Waals surface area contributed by atoms with E-state index in [1.807, 2.05) is 6.20 Å². The Labute approximate surface area is 66.8 Å². The first-order valence-electron chi connectivity index (χ1n) is 3.92. The lowest BCUT2D eigenvalue weighted by Crippen LogP contribution is -2.16. The molecule has 0 spiro atoms. The maximum absolute atomic E-state index is 3.23. The van der Waals surface area contributed by atoms with Crippen molar-refractivity contribution in [3.63, 3.8) is 0 Å². The first-order chi connectivity index (χ1) is 5.47. The summed E-state index contributed by atoms with van der Waals surface area (Å²) in [7, 11) is 0. The molecule has 1 N–H and O–H groups in total. The average Bonchev–Trinajstić information content (AvgIpc) is 2.28. The van der Waals surface area contributed by atoms with E-state index in [-0.39, 0.29) is 0 Å². The Morgan fingerprint density at radius 3 is 3.27 bits per heavy atom. The van der Waals surface area contributed by atoms with Crippen LogP contribution in [0.2, 0.25) is 0 Å². The Balaban J connectivity index is 2.28. The summed E-state index contributed by atoms with van der Waals surface area (Å²) in [5.41, 5.74) is 1.40. The second-order valence-corrected chi connectivity index (χ2v) is 2.78. The molecule has 0 radical (unpaired) electrons. The zero-order valence-corrected chi connectivity index (χ0v) is 6.33. The second kappa shape index (κ2) is 2.79. The molecule has 1 aliphatic heterocycles. The minimum absolute atomic E-state index is 0.565. The van der Waals surface area contributed by atoms with Crippen molar-refractivity contribution >= 4 is 0 Å². The fourth-order valence-corrected chi connectivity index (χ4v) is 1.39. The van der Waals surface area contributed by atoms with Crippen LogP contribution < -0.4 is 5.32 Å². The molecular weight excluding hydrogens is 134 g/mol. The second-order valence-electron chi connectivity index (χ2n) is 2.78. The average molecular weight is 145 g/mol. The van der Waals surface area contributed by atoms with Gasteiger partial charge in [0, 0.05) is 12.5 Å². The molecule has 0 bridgehead atoms. The Kier molecular flexibility index (Phi) is 1.64. The van der Waals surface area contributed by atoms with Gasteiger partial charge in [0.15, 0.2) is 0 Å². The maximum Gasteiger partial charge on any atom is 0.0245 e. The first-order valence-corrected chi connectivity index (χ1v) is 3.92. The molecule has 56 valence electrons. The number of fused-ring (bicyclic) bond motifs is 1. The number of hydrogen-bond donors (Lipinski definition) is 1. The molecule has 1 unspecified atom stereocenters. The third-order valence-corrected chi connectivity index (χ3v) is 2.01. The lowest BCUT2D eigenvalue weighted by Gasteiger charge is -2.14. The summed E-state index contributed by atoms with van der Waals surface area (Å²) in [4.78, 5) is 0. The summed E-state index contributed by atoms with van der Waals surface area (Å²) in [6.45, 7) is 1.02. The fourth-order valence-electron chi connectivity index (χ4n) is 1.39. The Bertz CT molecular complexity index is 256. The minimum atomic E-state index is 0.565. The van der Waals surface area contributed by atoms with Crippen molar-refractivity contribution < 1.29 is 0 Å². The van der Waals surface area contributed by atoms with Crippen LogP contribution in [-0.4, -0.2) is 6.54 Å². The smallest absolute Gasteiger partial charge is 0.0245 e. The highest BCUT2D eigenvalue weighted by Crippen LogP contribution is 2.19. The molecule has 0 saturated heterocycles. The van der Waals surface area contributed by atoms with Gasteiger partial charge < -0.3 is 5.32 Å². The summed E-state index contributed by atoms with van der Waals surface area (Å²) < 4.78 is 0. The van der Waals surface area contributed by atoms with Gasteiger partial charge in [0.1, 0.15) is 0 Å². The SMILES string of the molecule is C1=CNCC2C=CC=CC2=C1. The van der Waals surface area contributed by atoms with Crippen LogP contribution in [0.5, 0.6) is 0 Å². The zero-order valence-electron chi connectivity index (χ0n) is 6.33. The lowest BCUT2D eigenvalue weighted by molar-refractivity contribution is 0.711. The highest BCUT2D eigenvalue weighted by atomic mass is 14.8. The predicted octanol–water partition coefficient (Wildman–Crippen LogP) is 1.77. The van der Waals surface area contributed by atoms with E-state index in [2.05, 4.69) is 41.8 Å². The topological polar surface area (TPSA) is 12.0 Å². The van der Waals surface area contributed by atoms with Crippen molar-refractivity contribution in [2.24, 2.45) is 5.92 Å². The van der Waals surface area contributed by atoms with Crippen molar-refractivity contribution in [3.05, 3.63) is 48.2 Å². The Morgan fingerprint density at radius 2 is 2.27 bits per heavy atom. The molecule has 1 nitrogen and oxygen atoms in total. The number of rotatable bonds is 0. The third kappa shape index (κ3) is 1.27. The Hall–Kier alpha value is -1.24. The van der Waals surface area contributed by atoms with E-state index in [1.165, 1.54) is 5.57 Å². The van der Waals surface area contributed by atoms with E-state index < -0.39 is 0 Å². The van der Waals surface area contributed by atoms with E-state index in [9.17, 15) is 0 Å². The lowest BCUT2D eigenvalue weighted by atomic mass is 9.95. The van der Waals surface area contributed by atoms with E-state index in [0.29, 0.717) is 5.92 Å². The molecule has 0 amide bonds. The first kappa shape index (κ1) is 6.47. The summed E-state index contributed by atoms with van der Waals surface area (Å²) in [6.07, 6.45) is 14.8. The van der Waals surface area contributed by atoms with Gasteiger partial charge in [0.2, 0.25) is 0 Å². The zero-order chi connectivity index (χ0) is 7.52. The van der Waals surface area contributed by atoms with Crippen LogP contribution in [0.25, 0.3) is 0 Å². The standard InChI is InChI=1S/C10H11N/c1-2-5-10-8-11-7-3-6-9(10)4-1/h1-7,10-11H,8H2. The molecule has 0 aromatic carbocycles. The van der Waals surface area contributed by atoms with Gasteiger partial charge in [0.25, 0.3) is 0 Å². The van der Waals surface area contributed by atoms with E-state index in [0.717, 1.165) is 6.54 Å². The molecule has 0 fully saturated rings. The van der Waals surface area contributed by atoms with Crippen LogP contribution in [0, 0.1) is 5.92 Å². The van der Waals surface area contributed by atoms with Crippen molar-refractivity contribution in [3.8, 4) is 0 Å². The molecule has 1 heteroatoms. The molecule has 1 heterocycles. The summed E-state index contributed by atoms with van der Waals surface area (Å²) in [5.74, 6) is 0.565. The molecule has 0 aromatic rings. The minimum Gasteiger partial charge on any atom is -0.390 e. The molecule has 1 aliphatic carbocycles. The van der Waals surface area contributed by atoms with Crippen LogP contribution in [0.1, 0.15) is 0 Å². The van der Waals surface area contributed by atoms with Crippen LogP contribution >= 0.6 is 0 Å². The van der Waals surface area contributed by atoms with Gasteiger partial charge in [-0.1, -0.05) is 30.4 Å². The van der Waals surface area contributed by atoms with E-state index in [1.54, 1.807) is 0 Å². The van der Waals surface area contributed by atoms with Crippen molar-refractivity contribution in [1.29, 1.82) is 0 Å². The van der Waals surface area contributed by atoms with Gasteiger partial charge in [-0.05, 0) is 17.8 Å². The molecule has 2 rings (SSSR count). The van der Waals surface area contributed by atoms with Gasteiger partial charge in [-0.15, -0.1) is 0 Å². The van der Waals surface area contributed by atoms with Crippen LogP contribution in [0.4, 0.5) is 0 Å². The molecule has 1 atom stereocenters. The molecule has 0 aromatic heterocycles. The highest BCUT2D eigenvalue weighted by Gasteiger charge is 2.10. The monoisotopic (exact) mass is 145 g/mol. The van der Waals surface area contributed by atoms with E-state index in [4.69, 9.17) is 0 Å². The van der Waals surface area contributed by atoms with Crippen LogP contribution in [0.3, 0.4) is 0 Å². The third-order valence-electron chi connectivity index (χ3n) is 2.01.